The van der Waals surface area contributed by atoms with Crippen LogP contribution in [0.5, 0.6) is 5.75 Å². The monoisotopic (exact) mass is 345 g/mol. The van der Waals surface area contributed by atoms with Crippen molar-refractivity contribution in [2.75, 3.05) is 5.73 Å². The first-order chi connectivity index (χ1) is 9.36. The quantitative estimate of drug-likeness (QED) is 0.823. The maximum Gasteiger partial charge on any atom is 0.419 e. The van der Waals surface area contributed by atoms with Crippen molar-refractivity contribution in [3.8, 4) is 5.75 Å². The molecular formula is C14H11BrF3NO. The SMILES string of the molecule is Nc1cc(Br)cc(COc2ccccc2C(F)(F)F)c1. The third-order valence-electron chi connectivity index (χ3n) is 2.57. The lowest BCUT2D eigenvalue weighted by atomic mass is 10.2. The highest BCUT2D eigenvalue weighted by Crippen LogP contribution is 2.36. The van der Waals surface area contributed by atoms with Gasteiger partial charge in [0.15, 0.2) is 0 Å². The summed E-state index contributed by atoms with van der Waals surface area (Å²) in [5, 5.41) is 0. The number of nitrogen functional groups attached to an aromatic ring is 1. The van der Waals surface area contributed by atoms with Gasteiger partial charge in [-0.2, -0.15) is 13.2 Å². The molecule has 0 aliphatic rings. The minimum atomic E-state index is -4.44. The molecule has 0 atom stereocenters. The topological polar surface area (TPSA) is 35.2 Å². The van der Waals surface area contributed by atoms with Crippen LogP contribution in [-0.4, -0.2) is 0 Å². The highest BCUT2D eigenvalue weighted by atomic mass is 79.9. The normalized spacial score (nSPS) is 11.4. The number of ether oxygens (including phenoxy) is 1. The minimum Gasteiger partial charge on any atom is -0.488 e. The average molecular weight is 346 g/mol. The van der Waals surface area contributed by atoms with Gasteiger partial charge in [-0.05, 0) is 35.9 Å². The maximum atomic E-state index is 12.8. The van der Waals surface area contributed by atoms with Gasteiger partial charge in [-0.3, -0.25) is 0 Å². The van der Waals surface area contributed by atoms with E-state index in [0.717, 1.165) is 10.5 Å². The standard InChI is InChI=1S/C14H11BrF3NO/c15-10-5-9(6-11(19)7-10)8-20-13-4-2-1-3-12(13)14(16,17)18/h1-7H,8,19H2. The van der Waals surface area contributed by atoms with Gasteiger partial charge < -0.3 is 10.5 Å². The van der Waals surface area contributed by atoms with Crippen LogP contribution in [0.3, 0.4) is 0 Å². The molecule has 0 radical (unpaired) electrons. The van der Waals surface area contributed by atoms with Crippen molar-refractivity contribution in [3.05, 3.63) is 58.1 Å². The van der Waals surface area contributed by atoms with Gasteiger partial charge in [0.1, 0.15) is 12.4 Å². The number of alkyl halides is 3. The zero-order chi connectivity index (χ0) is 14.8. The number of rotatable bonds is 3. The second-order valence-corrected chi connectivity index (χ2v) is 5.09. The Labute approximate surface area is 122 Å². The van der Waals surface area contributed by atoms with Crippen molar-refractivity contribution in [1.29, 1.82) is 0 Å². The van der Waals surface area contributed by atoms with Crippen LogP contribution in [0.15, 0.2) is 46.9 Å². The Hall–Kier alpha value is -1.69. The molecule has 106 valence electrons. The summed E-state index contributed by atoms with van der Waals surface area (Å²) in [4.78, 5) is 0. The summed E-state index contributed by atoms with van der Waals surface area (Å²) in [5.41, 5.74) is 6.08. The first-order valence-electron chi connectivity index (χ1n) is 5.70. The first kappa shape index (κ1) is 14.7. The average Bonchev–Trinajstić information content (AvgIpc) is 2.34. The van der Waals surface area contributed by atoms with Crippen molar-refractivity contribution >= 4 is 21.6 Å². The Morgan fingerprint density at radius 2 is 1.80 bits per heavy atom. The molecule has 0 bridgehead atoms. The van der Waals surface area contributed by atoms with E-state index in [1.54, 1.807) is 18.2 Å². The first-order valence-corrected chi connectivity index (χ1v) is 6.49. The molecule has 20 heavy (non-hydrogen) atoms. The lowest BCUT2D eigenvalue weighted by molar-refractivity contribution is -0.139. The third kappa shape index (κ3) is 3.66. The number of anilines is 1. The van der Waals surface area contributed by atoms with Gasteiger partial charge in [-0.1, -0.05) is 28.1 Å². The minimum absolute atomic E-state index is 0.0106. The molecule has 2 nitrogen and oxygen atoms in total. The van der Waals surface area contributed by atoms with Crippen LogP contribution in [0.25, 0.3) is 0 Å². The third-order valence-corrected chi connectivity index (χ3v) is 3.02. The van der Waals surface area contributed by atoms with E-state index in [1.165, 1.54) is 18.2 Å². The Bertz CT molecular complexity index is 593. The van der Waals surface area contributed by atoms with Gasteiger partial charge in [0, 0.05) is 10.2 Å². The molecular weight excluding hydrogens is 335 g/mol. The van der Waals surface area contributed by atoms with Crippen molar-refractivity contribution < 1.29 is 17.9 Å². The molecule has 0 aliphatic heterocycles. The fourth-order valence-corrected chi connectivity index (χ4v) is 2.30. The van der Waals surface area contributed by atoms with Gasteiger partial charge >= 0.3 is 6.18 Å². The van der Waals surface area contributed by atoms with Gasteiger partial charge in [0.05, 0.1) is 5.56 Å². The fraction of sp³-hybridized carbons (Fsp3) is 0.143. The molecule has 0 amide bonds. The summed E-state index contributed by atoms with van der Waals surface area (Å²) in [5.74, 6) is -0.196. The van der Waals surface area contributed by atoms with E-state index in [-0.39, 0.29) is 12.4 Å². The Morgan fingerprint density at radius 1 is 1.10 bits per heavy atom. The van der Waals surface area contributed by atoms with Crippen molar-refractivity contribution in [2.45, 2.75) is 12.8 Å². The number of benzene rings is 2. The molecule has 0 fully saturated rings. The molecule has 6 heteroatoms. The molecule has 0 saturated carbocycles. The predicted octanol–water partition coefficient (Wildman–Crippen LogP) is 4.63. The van der Waals surface area contributed by atoms with E-state index < -0.39 is 11.7 Å². The number of hydrogen-bond acceptors (Lipinski definition) is 2. The van der Waals surface area contributed by atoms with Gasteiger partial charge in [-0.15, -0.1) is 0 Å². The summed E-state index contributed by atoms with van der Waals surface area (Å²) in [7, 11) is 0. The smallest absolute Gasteiger partial charge is 0.419 e. The summed E-state index contributed by atoms with van der Waals surface area (Å²) in [6, 6.07) is 10.2. The zero-order valence-corrected chi connectivity index (χ0v) is 11.8. The molecule has 0 aromatic heterocycles. The fourth-order valence-electron chi connectivity index (χ4n) is 1.75. The predicted molar refractivity (Wildman–Crippen MR) is 74.3 cm³/mol. The number of para-hydroxylation sites is 1. The second kappa shape index (κ2) is 5.75. The van der Waals surface area contributed by atoms with Crippen LogP contribution >= 0.6 is 15.9 Å². The van der Waals surface area contributed by atoms with Crippen molar-refractivity contribution in [1.82, 2.24) is 0 Å². The molecule has 0 heterocycles. The molecule has 0 aliphatic carbocycles. The summed E-state index contributed by atoms with van der Waals surface area (Å²) in [6.07, 6.45) is -4.44. The Morgan fingerprint density at radius 3 is 2.45 bits per heavy atom. The maximum absolute atomic E-state index is 12.8. The molecule has 0 saturated heterocycles. The van der Waals surface area contributed by atoms with Crippen LogP contribution in [-0.2, 0) is 12.8 Å². The Balaban J connectivity index is 2.19. The molecule has 2 N–H and O–H groups in total. The molecule has 2 aromatic rings. The highest BCUT2D eigenvalue weighted by molar-refractivity contribution is 9.10. The van der Waals surface area contributed by atoms with Gasteiger partial charge in [0.25, 0.3) is 0 Å². The van der Waals surface area contributed by atoms with Gasteiger partial charge in [-0.25, -0.2) is 0 Å². The van der Waals surface area contributed by atoms with Crippen LogP contribution in [0, 0.1) is 0 Å². The van der Waals surface area contributed by atoms with E-state index in [2.05, 4.69) is 15.9 Å². The molecule has 0 spiro atoms. The zero-order valence-electron chi connectivity index (χ0n) is 10.2. The second-order valence-electron chi connectivity index (χ2n) is 4.18. The molecule has 2 aromatic carbocycles. The molecule has 0 unspecified atom stereocenters. The highest BCUT2D eigenvalue weighted by Gasteiger charge is 2.33. The van der Waals surface area contributed by atoms with E-state index in [4.69, 9.17) is 10.5 Å². The number of nitrogens with two attached hydrogens (primary N) is 1. The summed E-state index contributed by atoms with van der Waals surface area (Å²) < 4.78 is 44.4. The Kier molecular flexibility index (Phi) is 4.23. The van der Waals surface area contributed by atoms with Gasteiger partial charge in [0.2, 0.25) is 0 Å². The van der Waals surface area contributed by atoms with Crippen molar-refractivity contribution in [3.63, 3.8) is 0 Å². The summed E-state index contributed by atoms with van der Waals surface area (Å²) in [6.45, 7) is 0.0106. The van der Waals surface area contributed by atoms with E-state index >= 15 is 0 Å². The summed E-state index contributed by atoms with van der Waals surface area (Å²) >= 11 is 3.27. The van der Waals surface area contributed by atoms with Crippen molar-refractivity contribution in [2.24, 2.45) is 0 Å². The molecule has 2 rings (SSSR count). The largest absolute Gasteiger partial charge is 0.488 e. The lowest BCUT2D eigenvalue weighted by Crippen LogP contribution is -2.08. The van der Waals surface area contributed by atoms with E-state index in [0.29, 0.717) is 11.3 Å². The number of hydrogen-bond donors (Lipinski definition) is 1. The lowest BCUT2D eigenvalue weighted by Gasteiger charge is -2.14. The van der Waals surface area contributed by atoms with E-state index in [1.807, 2.05) is 0 Å². The number of halogens is 4. The van der Waals surface area contributed by atoms with Crippen LogP contribution in [0.4, 0.5) is 18.9 Å². The van der Waals surface area contributed by atoms with Crippen LogP contribution < -0.4 is 10.5 Å². The van der Waals surface area contributed by atoms with Crippen LogP contribution in [0.2, 0.25) is 0 Å². The van der Waals surface area contributed by atoms with Crippen LogP contribution in [0.1, 0.15) is 11.1 Å². The van der Waals surface area contributed by atoms with E-state index in [9.17, 15) is 13.2 Å².